The van der Waals surface area contributed by atoms with E-state index in [-0.39, 0.29) is 157 Å². The van der Waals surface area contributed by atoms with Crippen LogP contribution < -0.4 is 138 Å². The number of unbranched alkanes of at least 4 members (excludes halogenated alkanes) is 2. The Morgan fingerprint density at radius 1 is 0.643 bits per heavy atom. The number of hydrogen-bond acceptors (Lipinski definition) is 10. The van der Waals surface area contributed by atoms with Gasteiger partial charge < -0.3 is 44.0 Å². The number of nitrogens with zero attached hydrogens (tertiary/aromatic N) is 1. The van der Waals surface area contributed by atoms with Gasteiger partial charge in [0.2, 0.25) is 0 Å². The molecule has 0 bridgehead atoms. The maximum Gasteiger partial charge on any atom is 1.00 e. The van der Waals surface area contributed by atoms with Crippen molar-refractivity contribution in [1.82, 2.24) is 4.90 Å². The second-order valence-electron chi connectivity index (χ2n) is 5.77. The molecule has 0 aliphatic rings. The van der Waals surface area contributed by atoms with Crippen LogP contribution >= 0.6 is 15.2 Å². The van der Waals surface area contributed by atoms with E-state index in [1.165, 1.54) is 4.90 Å². The minimum absolute atomic E-state index is 0. The Labute approximate surface area is 255 Å². The average Bonchev–Trinajstić information content (AvgIpc) is 2.47. The van der Waals surface area contributed by atoms with Crippen molar-refractivity contribution in [2.24, 2.45) is 0 Å². The van der Waals surface area contributed by atoms with Gasteiger partial charge in [0, 0.05) is 0 Å². The summed E-state index contributed by atoms with van der Waals surface area (Å²) in [5.41, 5.74) is -1.35. The van der Waals surface area contributed by atoms with Crippen molar-refractivity contribution >= 4 is 15.2 Å². The van der Waals surface area contributed by atoms with Crippen molar-refractivity contribution in [2.75, 3.05) is 45.2 Å². The predicted octanol–water partition coefficient (Wildman–Crippen LogP) is -15.6. The van der Waals surface area contributed by atoms with Crippen molar-refractivity contribution in [3.63, 3.8) is 0 Å². The second-order valence-corrected chi connectivity index (χ2v) is 9.11. The van der Waals surface area contributed by atoms with E-state index in [2.05, 4.69) is 0 Å². The van der Waals surface area contributed by atoms with Crippen LogP contribution in [0.4, 0.5) is 0 Å². The van der Waals surface area contributed by atoms with Gasteiger partial charge >= 0.3 is 118 Å². The molecule has 0 fully saturated rings. The van der Waals surface area contributed by atoms with Crippen LogP contribution in [0.1, 0.15) is 25.7 Å². The molecule has 0 aromatic rings. The molecule has 0 atom stereocenters. The van der Waals surface area contributed by atoms with Gasteiger partial charge in [0.1, 0.15) is 0 Å². The Morgan fingerprint density at radius 3 is 1.14 bits per heavy atom. The molecule has 10 nitrogen and oxygen atoms in total. The van der Waals surface area contributed by atoms with Crippen molar-refractivity contribution in [3.8, 4) is 0 Å². The molecule has 28 heavy (non-hydrogen) atoms. The largest absolute Gasteiger partial charge is 1.00 e. The smallest absolute Gasteiger partial charge is 0.811 e. The summed E-state index contributed by atoms with van der Waals surface area (Å²) in [6.07, 6.45) is -0.290. The summed E-state index contributed by atoms with van der Waals surface area (Å²) >= 11 is 0. The monoisotopic (exact) mass is 481 g/mol. The second kappa shape index (κ2) is 21.7. The third-order valence-corrected chi connectivity index (χ3v) is 5.50. The van der Waals surface area contributed by atoms with E-state index in [1.807, 2.05) is 0 Å². The van der Waals surface area contributed by atoms with Crippen LogP contribution in [0.15, 0.2) is 0 Å². The molecule has 0 aromatic carbocycles. The van der Waals surface area contributed by atoms with Crippen LogP contribution in [0.3, 0.4) is 0 Å². The van der Waals surface area contributed by atoms with E-state index < -0.39 is 52.9 Å². The topological polar surface area (TPSA) is 190 Å². The van der Waals surface area contributed by atoms with Crippen LogP contribution in [-0.2, 0) is 9.13 Å². The predicted molar refractivity (Wildman–Crippen MR) is 79.0 cm³/mol. The SMILES string of the molecule is O=P([O-])([O-])CCCCN(CCCCP(=O)([O-])[O-])C(CO)(CO)CO.[Na+].[Na+].[Na+].[Na+]. The molecule has 0 aromatic heterocycles. The van der Waals surface area contributed by atoms with Gasteiger partial charge in [-0.3, -0.25) is 4.90 Å². The Bertz CT molecular complexity index is 411. The van der Waals surface area contributed by atoms with Crippen molar-refractivity contribution in [2.45, 2.75) is 31.2 Å². The van der Waals surface area contributed by atoms with Gasteiger partial charge in [0.15, 0.2) is 0 Å². The van der Waals surface area contributed by atoms with Crippen molar-refractivity contribution < 1.29 is 162 Å². The molecule has 0 aliphatic carbocycles. The quantitative estimate of drug-likeness (QED) is 0.122. The average molecular weight is 481 g/mol. The third kappa shape index (κ3) is 20.7. The van der Waals surface area contributed by atoms with E-state index in [4.69, 9.17) is 0 Å². The summed E-state index contributed by atoms with van der Waals surface area (Å²) in [4.78, 5) is 43.9. The molecule has 3 N–H and O–H groups in total. The van der Waals surface area contributed by atoms with Crippen molar-refractivity contribution in [1.29, 1.82) is 0 Å². The fraction of sp³-hybridized carbons (Fsp3) is 1.00. The molecule has 0 saturated heterocycles. The van der Waals surface area contributed by atoms with E-state index in [0.717, 1.165) is 0 Å². The van der Waals surface area contributed by atoms with E-state index in [0.29, 0.717) is 0 Å². The molecule has 0 spiro atoms. The molecule has 0 radical (unpaired) electrons. The zero-order valence-corrected chi connectivity index (χ0v) is 27.2. The Balaban J connectivity index is -0.000000441. The first-order chi connectivity index (χ1) is 11.0. The summed E-state index contributed by atoms with van der Waals surface area (Å²) in [5, 5.41) is 28.4. The first-order valence-electron chi connectivity index (χ1n) is 7.59. The van der Waals surface area contributed by atoms with Gasteiger partial charge in [-0.15, -0.1) is 0 Å². The molecule has 0 rings (SSSR count). The summed E-state index contributed by atoms with van der Waals surface area (Å²) in [5.74, 6) is 0. The normalized spacial score (nSPS) is 11.7. The van der Waals surface area contributed by atoms with Gasteiger partial charge in [-0.2, -0.15) is 0 Å². The maximum absolute atomic E-state index is 10.6. The van der Waals surface area contributed by atoms with Crippen LogP contribution in [0.25, 0.3) is 0 Å². The fourth-order valence-electron chi connectivity index (χ4n) is 2.25. The fourth-order valence-corrected chi connectivity index (χ4v) is 3.47. The van der Waals surface area contributed by atoms with Crippen LogP contribution in [0.2, 0.25) is 0 Å². The number of hydrogen-bond donors (Lipinski definition) is 3. The van der Waals surface area contributed by atoms with E-state index >= 15 is 0 Å². The molecule has 0 saturated carbocycles. The Kier molecular flexibility index (Phi) is 32.7. The number of aliphatic hydroxyl groups excluding tert-OH is 3. The van der Waals surface area contributed by atoms with Gasteiger partial charge in [-0.25, -0.2) is 0 Å². The standard InChI is InChI=1S/C12H29NO9P2.4Na/c14-9-12(10-15,11-16)13(5-1-3-7-23(17,18)19)6-2-4-8-24(20,21)22;;;;/h14-16H,1-11H2,(H2,17,18,19)(H2,20,21,22);;;;/q;4*+1/p-4. The van der Waals surface area contributed by atoms with Crippen molar-refractivity contribution in [3.05, 3.63) is 0 Å². The Hall–Kier alpha value is 4.14. The number of rotatable bonds is 14. The molecular weight excluding hydrogens is 456 g/mol. The van der Waals surface area contributed by atoms with Crippen LogP contribution in [0, 0.1) is 0 Å². The van der Waals surface area contributed by atoms with Gasteiger partial charge in [0.25, 0.3) is 0 Å². The van der Waals surface area contributed by atoms with Crippen LogP contribution in [-0.4, -0.2) is 71.0 Å². The van der Waals surface area contributed by atoms with Gasteiger partial charge in [0.05, 0.1) is 25.4 Å². The molecule has 0 aliphatic heterocycles. The van der Waals surface area contributed by atoms with E-state index in [9.17, 15) is 44.0 Å². The zero-order chi connectivity index (χ0) is 18.9. The molecule has 16 heteroatoms. The minimum atomic E-state index is -4.60. The minimum Gasteiger partial charge on any atom is -0.811 e. The first-order valence-corrected chi connectivity index (χ1v) is 11.0. The molecule has 0 unspecified atom stereocenters. The summed E-state index contributed by atoms with van der Waals surface area (Å²) < 4.78 is 21.2. The Morgan fingerprint density at radius 2 is 0.929 bits per heavy atom. The van der Waals surface area contributed by atoms with Gasteiger partial charge in [-0.1, -0.05) is 15.2 Å². The number of aliphatic hydroxyl groups is 3. The first kappa shape index (κ1) is 42.3. The van der Waals surface area contributed by atoms with Gasteiger partial charge in [-0.05, 0) is 51.1 Å². The summed E-state index contributed by atoms with van der Waals surface area (Å²) in [7, 11) is -9.20. The van der Waals surface area contributed by atoms with Crippen LogP contribution in [0.5, 0.6) is 0 Å². The third-order valence-electron chi connectivity index (χ3n) is 3.77. The molecule has 146 valence electrons. The maximum atomic E-state index is 10.6. The van der Waals surface area contributed by atoms with E-state index in [1.54, 1.807) is 0 Å². The molecular formula is C12H25NNa4O9P2. The summed E-state index contributed by atoms with van der Waals surface area (Å²) in [6.45, 7) is -1.32. The summed E-state index contributed by atoms with van der Waals surface area (Å²) in [6, 6.07) is 0. The molecule has 0 heterocycles. The molecule has 0 amide bonds. The zero-order valence-electron chi connectivity index (χ0n) is 17.4.